The maximum atomic E-state index is 5.03. The molecular formula is C13H19NO. The summed E-state index contributed by atoms with van der Waals surface area (Å²) in [5.74, 6) is 0. The van der Waals surface area contributed by atoms with Crippen LogP contribution in [0.2, 0.25) is 0 Å². The molecule has 2 nitrogen and oxygen atoms in total. The first kappa shape index (κ1) is 11.8. The summed E-state index contributed by atoms with van der Waals surface area (Å²) in [5, 5.41) is 3.37. The number of ether oxygens (including phenoxy) is 1. The first-order valence-electron chi connectivity index (χ1n) is 5.31. The fourth-order valence-electron chi connectivity index (χ4n) is 1.30. The molecule has 0 aliphatic heterocycles. The highest BCUT2D eigenvalue weighted by molar-refractivity contribution is 5.20. The molecule has 1 aromatic carbocycles. The van der Waals surface area contributed by atoms with Crippen LogP contribution in [0, 0.1) is 6.92 Å². The Labute approximate surface area is 92.0 Å². The summed E-state index contributed by atoms with van der Waals surface area (Å²) in [6, 6.07) is 8.58. The molecule has 0 bridgehead atoms. The summed E-state index contributed by atoms with van der Waals surface area (Å²) in [5.41, 5.74) is 2.63. The van der Waals surface area contributed by atoms with Gasteiger partial charge in [0.15, 0.2) is 0 Å². The highest BCUT2D eigenvalue weighted by atomic mass is 16.5. The second-order valence-corrected chi connectivity index (χ2v) is 3.55. The minimum atomic E-state index is 0.740. The van der Waals surface area contributed by atoms with Crippen LogP contribution in [0.25, 0.3) is 0 Å². The van der Waals surface area contributed by atoms with Gasteiger partial charge in [0.1, 0.15) is 0 Å². The van der Waals surface area contributed by atoms with E-state index in [-0.39, 0.29) is 0 Å². The molecule has 0 aromatic heterocycles. The summed E-state index contributed by atoms with van der Waals surface area (Å²) in [4.78, 5) is 0. The highest BCUT2D eigenvalue weighted by Crippen LogP contribution is 2.02. The molecular weight excluding hydrogens is 186 g/mol. The first-order valence-corrected chi connectivity index (χ1v) is 5.31. The van der Waals surface area contributed by atoms with E-state index in [2.05, 4.69) is 43.1 Å². The van der Waals surface area contributed by atoms with Gasteiger partial charge in [0, 0.05) is 6.54 Å². The Morgan fingerprint density at radius 2 is 2.07 bits per heavy atom. The fourth-order valence-corrected chi connectivity index (χ4v) is 1.30. The van der Waals surface area contributed by atoms with Crippen molar-refractivity contribution in [3.05, 3.63) is 48.2 Å². The van der Waals surface area contributed by atoms with Crippen LogP contribution in [-0.4, -0.2) is 13.2 Å². The van der Waals surface area contributed by atoms with Gasteiger partial charge in [-0.1, -0.05) is 36.4 Å². The third-order valence-electron chi connectivity index (χ3n) is 2.18. The molecule has 0 radical (unpaired) electrons. The molecule has 0 heterocycles. The number of hydrogen-bond donors (Lipinski definition) is 1. The molecule has 1 N–H and O–H groups in total. The Morgan fingerprint density at radius 3 is 2.73 bits per heavy atom. The summed E-state index contributed by atoms with van der Waals surface area (Å²) < 4.78 is 5.03. The zero-order valence-electron chi connectivity index (χ0n) is 9.33. The van der Waals surface area contributed by atoms with Crippen molar-refractivity contribution < 1.29 is 4.74 Å². The maximum absolute atomic E-state index is 5.03. The van der Waals surface area contributed by atoms with Crippen LogP contribution in [0.3, 0.4) is 0 Å². The zero-order chi connectivity index (χ0) is 10.9. The van der Waals surface area contributed by atoms with Crippen molar-refractivity contribution in [3.8, 4) is 0 Å². The van der Waals surface area contributed by atoms with Gasteiger partial charge in [-0.25, -0.2) is 0 Å². The van der Waals surface area contributed by atoms with Crippen LogP contribution in [0.4, 0.5) is 0 Å². The SMILES string of the molecule is C=COCCCNCc1ccc(C)cc1. The summed E-state index contributed by atoms with van der Waals surface area (Å²) in [6.07, 6.45) is 2.50. The molecule has 2 heteroatoms. The second kappa shape index (κ2) is 7.07. The third-order valence-corrected chi connectivity index (χ3v) is 2.18. The van der Waals surface area contributed by atoms with Gasteiger partial charge >= 0.3 is 0 Å². The lowest BCUT2D eigenvalue weighted by Crippen LogP contribution is -2.15. The van der Waals surface area contributed by atoms with Gasteiger partial charge in [-0.3, -0.25) is 0 Å². The first-order chi connectivity index (χ1) is 7.33. The Balaban J connectivity index is 2.09. The van der Waals surface area contributed by atoms with Crippen LogP contribution in [-0.2, 0) is 11.3 Å². The van der Waals surface area contributed by atoms with Gasteiger partial charge in [-0.05, 0) is 25.5 Å². The molecule has 1 rings (SSSR count). The van der Waals surface area contributed by atoms with Crippen LogP contribution in [0.5, 0.6) is 0 Å². The summed E-state index contributed by atoms with van der Waals surface area (Å²) in [6.45, 7) is 8.23. The molecule has 0 atom stereocenters. The topological polar surface area (TPSA) is 21.3 Å². The smallest absolute Gasteiger partial charge is 0.0885 e. The molecule has 82 valence electrons. The van der Waals surface area contributed by atoms with E-state index in [1.54, 1.807) is 0 Å². The Kier molecular flexibility index (Phi) is 5.56. The second-order valence-electron chi connectivity index (χ2n) is 3.55. The lowest BCUT2D eigenvalue weighted by molar-refractivity contribution is 0.244. The van der Waals surface area contributed by atoms with E-state index in [4.69, 9.17) is 4.74 Å². The number of hydrogen-bond acceptors (Lipinski definition) is 2. The van der Waals surface area contributed by atoms with E-state index in [1.165, 1.54) is 17.4 Å². The molecule has 0 spiro atoms. The monoisotopic (exact) mass is 205 g/mol. The number of aryl methyl sites for hydroxylation is 1. The molecule has 0 unspecified atom stereocenters. The molecule has 0 fully saturated rings. The van der Waals surface area contributed by atoms with Crippen molar-refractivity contribution in [2.75, 3.05) is 13.2 Å². The maximum Gasteiger partial charge on any atom is 0.0885 e. The van der Waals surface area contributed by atoms with Gasteiger partial charge in [-0.15, -0.1) is 0 Å². The van der Waals surface area contributed by atoms with Gasteiger partial charge in [0.05, 0.1) is 12.9 Å². The van der Waals surface area contributed by atoms with Gasteiger partial charge < -0.3 is 10.1 Å². The average Bonchev–Trinajstić information content (AvgIpc) is 2.26. The van der Waals surface area contributed by atoms with Crippen LogP contribution in [0.1, 0.15) is 17.5 Å². The molecule has 0 aliphatic rings. The van der Waals surface area contributed by atoms with Crippen LogP contribution < -0.4 is 5.32 Å². The van der Waals surface area contributed by atoms with E-state index in [0.29, 0.717) is 0 Å². The lowest BCUT2D eigenvalue weighted by atomic mass is 10.1. The normalized spacial score (nSPS) is 9.93. The average molecular weight is 205 g/mol. The predicted molar refractivity (Wildman–Crippen MR) is 63.7 cm³/mol. The quantitative estimate of drug-likeness (QED) is 0.546. The van der Waals surface area contributed by atoms with Crippen molar-refractivity contribution in [2.24, 2.45) is 0 Å². The van der Waals surface area contributed by atoms with Gasteiger partial charge in [0.25, 0.3) is 0 Å². The Bertz CT molecular complexity index is 279. The zero-order valence-corrected chi connectivity index (χ0v) is 9.33. The Hall–Kier alpha value is -1.28. The molecule has 0 amide bonds. The van der Waals surface area contributed by atoms with E-state index in [1.807, 2.05) is 0 Å². The minimum absolute atomic E-state index is 0.740. The van der Waals surface area contributed by atoms with Crippen LogP contribution in [0.15, 0.2) is 37.1 Å². The van der Waals surface area contributed by atoms with E-state index >= 15 is 0 Å². The van der Waals surface area contributed by atoms with Crippen molar-refractivity contribution >= 4 is 0 Å². The van der Waals surface area contributed by atoms with Gasteiger partial charge in [-0.2, -0.15) is 0 Å². The number of rotatable bonds is 7. The fraction of sp³-hybridized carbons (Fsp3) is 0.385. The van der Waals surface area contributed by atoms with Crippen molar-refractivity contribution in [1.29, 1.82) is 0 Å². The summed E-state index contributed by atoms with van der Waals surface area (Å²) >= 11 is 0. The lowest BCUT2D eigenvalue weighted by Gasteiger charge is -2.05. The third kappa shape index (κ3) is 5.23. The molecule has 0 saturated heterocycles. The Morgan fingerprint density at radius 1 is 1.33 bits per heavy atom. The molecule has 1 aromatic rings. The highest BCUT2D eigenvalue weighted by Gasteiger charge is 1.92. The van der Waals surface area contributed by atoms with E-state index in [9.17, 15) is 0 Å². The molecule has 0 aliphatic carbocycles. The van der Waals surface area contributed by atoms with Crippen LogP contribution >= 0.6 is 0 Å². The molecule has 0 saturated carbocycles. The van der Waals surface area contributed by atoms with Gasteiger partial charge in [0.2, 0.25) is 0 Å². The summed E-state index contributed by atoms with van der Waals surface area (Å²) in [7, 11) is 0. The van der Waals surface area contributed by atoms with Crippen molar-refractivity contribution in [1.82, 2.24) is 5.32 Å². The van der Waals surface area contributed by atoms with Crippen molar-refractivity contribution in [2.45, 2.75) is 19.9 Å². The number of benzene rings is 1. The van der Waals surface area contributed by atoms with Crippen molar-refractivity contribution in [3.63, 3.8) is 0 Å². The van der Waals surface area contributed by atoms with E-state index in [0.717, 1.165) is 26.1 Å². The largest absolute Gasteiger partial charge is 0.502 e. The predicted octanol–water partition coefficient (Wildman–Crippen LogP) is 2.63. The number of nitrogens with one attached hydrogen (secondary N) is 1. The van der Waals surface area contributed by atoms with E-state index < -0.39 is 0 Å². The minimum Gasteiger partial charge on any atom is -0.502 e. The molecule has 15 heavy (non-hydrogen) atoms. The standard InChI is InChI=1S/C13H19NO/c1-3-15-10-4-9-14-11-13-7-5-12(2)6-8-13/h3,5-8,14H,1,4,9-11H2,2H3.